The van der Waals surface area contributed by atoms with Crippen LogP contribution in [0, 0.1) is 6.92 Å². The molecule has 0 fully saturated rings. The number of nitrogen functional groups attached to an aromatic ring is 1. The van der Waals surface area contributed by atoms with E-state index in [0.717, 1.165) is 12.2 Å². The lowest BCUT2D eigenvalue weighted by Gasteiger charge is -1.99. The summed E-state index contributed by atoms with van der Waals surface area (Å²) in [5.41, 5.74) is 7.73. The zero-order chi connectivity index (χ0) is 9.26. The number of rotatable bonds is 2. The van der Waals surface area contributed by atoms with Crippen molar-refractivity contribution < 1.29 is 0 Å². The van der Waals surface area contributed by atoms with Crippen molar-refractivity contribution in [3.05, 3.63) is 28.1 Å². The van der Waals surface area contributed by atoms with Crippen molar-refractivity contribution in [2.45, 2.75) is 13.5 Å². The van der Waals surface area contributed by atoms with E-state index in [2.05, 4.69) is 21.8 Å². The summed E-state index contributed by atoms with van der Waals surface area (Å²) >= 11 is 1.68. The van der Waals surface area contributed by atoms with E-state index in [9.17, 15) is 0 Å². The number of thiophene rings is 1. The van der Waals surface area contributed by atoms with Crippen LogP contribution in [-0.2, 0) is 6.54 Å². The van der Waals surface area contributed by atoms with Crippen molar-refractivity contribution in [1.29, 1.82) is 0 Å². The number of aromatic nitrogens is 3. The zero-order valence-electron chi connectivity index (χ0n) is 7.27. The first-order valence-electron chi connectivity index (χ1n) is 3.94. The van der Waals surface area contributed by atoms with Crippen molar-refractivity contribution >= 4 is 17.2 Å². The number of nitrogens with zero attached hydrogens (tertiary/aromatic N) is 3. The lowest BCUT2D eigenvalue weighted by Crippen LogP contribution is -2.03. The highest BCUT2D eigenvalue weighted by atomic mass is 32.1. The van der Waals surface area contributed by atoms with Gasteiger partial charge in [0.15, 0.2) is 5.82 Å². The monoisotopic (exact) mass is 194 g/mol. The second kappa shape index (κ2) is 3.18. The third-order valence-corrected chi connectivity index (χ3v) is 2.66. The van der Waals surface area contributed by atoms with E-state index >= 15 is 0 Å². The molecule has 5 heteroatoms. The van der Waals surface area contributed by atoms with Gasteiger partial charge in [-0.3, -0.25) is 0 Å². The first-order valence-corrected chi connectivity index (χ1v) is 4.88. The molecule has 0 spiro atoms. The Bertz CT molecular complexity index is 390. The molecule has 0 aromatic carbocycles. The maximum Gasteiger partial charge on any atom is 0.168 e. The third kappa shape index (κ3) is 1.55. The molecule has 0 aliphatic carbocycles. The van der Waals surface area contributed by atoms with Crippen molar-refractivity contribution in [3.8, 4) is 0 Å². The smallest absolute Gasteiger partial charge is 0.168 e. The van der Waals surface area contributed by atoms with E-state index in [4.69, 9.17) is 5.73 Å². The molecule has 2 N–H and O–H groups in total. The van der Waals surface area contributed by atoms with Crippen LogP contribution in [0.2, 0.25) is 0 Å². The van der Waals surface area contributed by atoms with Gasteiger partial charge in [-0.05, 0) is 29.3 Å². The van der Waals surface area contributed by atoms with Crippen LogP contribution in [0.4, 0.5) is 5.82 Å². The third-order valence-electron chi connectivity index (χ3n) is 1.93. The summed E-state index contributed by atoms with van der Waals surface area (Å²) in [6, 6.07) is 2.07. The summed E-state index contributed by atoms with van der Waals surface area (Å²) in [6.45, 7) is 2.67. The van der Waals surface area contributed by atoms with Gasteiger partial charge in [-0.25, -0.2) is 4.68 Å². The van der Waals surface area contributed by atoms with E-state index in [1.165, 1.54) is 5.56 Å². The largest absolute Gasteiger partial charge is 0.381 e. The first kappa shape index (κ1) is 8.25. The molecule has 0 unspecified atom stereocenters. The Kier molecular flexibility index (Phi) is 2.02. The summed E-state index contributed by atoms with van der Waals surface area (Å²) in [5.74, 6) is 0.509. The maximum absolute atomic E-state index is 5.58. The quantitative estimate of drug-likeness (QED) is 0.783. The van der Waals surface area contributed by atoms with E-state index in [1.54, 1.807) is 16.0 Å². The molecule has 0 amide bonds. The fraction of sp³-hybridized carbons (Fsp3) is 0.250. The summed E-state index contributed by atoms with van der Waals surface area (Å²) in [7, 11) is 0. The molecule has 0 aliphatic rings. The fourth-order valence-corrected chi connectivity index (χ4v) is 1.74. The molecule has 4 nitrogen and oxygen atoms in total. The highest BCUT2D eigenvalue weighted by molar-refractivity contribution is 7.07. The summed E-state index contributed by atoms with van der Waals surface area (Å²) in [6.07, 6.45) is 0. The van der Waals surface area contributed by atoms with E-state index < -0.39 is 0 Å². The predicted molar refractivity (Wildman–Crippen MR) is 52.6 cm³/mol. The van der Waals surface area contributed by atoms with Crippen LogP contribution in [0.1, 0.15) is 11.3 Å². The lowest BCUT2D eigenvalue weighted by atomic mass is 10.3. The molecular formula is C8H10N4S. The van der Waals surface area contributed by atoms with Gasteiger partial charge in [-0.15, -0.1) is 5.10 Å². The average Bonchev–Trinajstić information content (AvgIpc) is 2.71. The number of anilines is 1. The number of hydrogen-bond donors (Lipinski definition) is 1. The molecule has 68 valence electrons. The summed E-state index contributed by atoms with van der Waals surface area (Å²) in [4.78, 5) is 0. The van der Waals surface area contributed by atoms with Crippen molar-refractivity contribution in [1.82, 2.24) is 15.0 Å². The first-order chi connectivity index (χ1) is 6.27. The Labute approximate surface area is 80.0 Å². The normalized spacial score (nSPS) is 10.5. The van der Waals surface area contributed by atoms with Crippen LogP contribution in [0.5, 0.6) is 0 Å². The van der Waals surface area contributed by atoms with Gasteiger partial charge in [0.2, 0.25) is 0 Å². The molecule has 0 aliphatic heterocycles. The van der Waals surface area contributed by atoms with Gasteiger partial charge < -0.3 is 5.73 Å². The minimum atomic E-state index is 0.509. The molecule has 0 saturated carbocycles. The Morgan fingerprint density at radius 1 is 1.62 bits per heavy atom. The van der Waals surface area contributed by atoms with Crippen LogP contribution in [0.15, 0.2) is 16.8 Å². The number of hydrogen-bond acceptors (Lipinski definition) is 4. The molecule has 2 rings (SSSR count). The van der Waals surface area contributed by atoms with E-state index in [-0.39, 0.29) is 0 Å². The highest BCUT2D eigenvalue weighted by Crippen LogP contribution is 2.10. The molecule has 13 heavy (non-hydrogen) atoms. The average molecular weight is 194 g/mol. The minimum absolute atomic E-state index is 0.509. The Balaban J connectivity index is 2.24. The van der Waals surface area contributed by atoms with Gasteiger partial charge in [0.25, 0.3) is 0 Å². The Morgan fingerprint density at radius 3 is 3.00 bits per heavy atom. The molecule has 0 radical (unpaired) electrons. The lowest BCUT2D eigenvalue weighted by molar-refractivity contribution is 0.634. The van der Waals surface area contributed by atoms with Crippen LogP contribution in [0.3, 0.4) is 0 Å². The second-order valence-electron chi connectivity index (χ2n) is 2.85. The van der Waals surface area contributed by atoms with Crippen LogP contribution in [-0.4, -0.2) is 15.0 Å². The molecule has 0 bridgehead atoms. The molecule has 2 aromatic rings. The maximum atomic E-state index is 5.58. The van der Waals surface area contributed by atoms with Crippen molar-refractivity contribution in [2.24, 2.45) is 0 Å². The molecular weight excluding hydrogens is 184 g/mol. The van der Waals surface area contributed by atoms with Gasteiger partial charge in [0, 0.05) is 0 Å². The topological polar surface area (TPSA) is 56.7 Å². The summed E-state index contributed by atoms with van der Waals surface area (Å²) < 4.78 is 1.80. The standard InChI is InChI=1S/C8H10N4S/c1-6-8(9)10-11-12(6)4-7-2-3-13-5-7/h2-3,5H,4,9H2,1H3. The van der Waals surface area contributed by atoms with Crippen molar-refractivity contribution in [2.75, 3.05) is 5.73 Å². The van der Waals surface area contributed by atoms with Gasteiger partial charge in [0.1, 0.15) is 0 Å². The van der Waals surface area contributed by atoms with Crippen LogP contribution >= 0.6 is 11.3 Å². The minimum Gasteiger partial charge on any atom is -0.381 e. The highest BCUT2D eigenvalue weighted by Gasteiger charge is 2.04. The van der Waals surface area contributed by atoms with Crippen LogP contribution in [0.25, 0.3) is 0 Å². The second-order valence-corrected chi connectivity index (χ2v) is 3.63. The molecule has 2 aromatic heterocycles. The fourth-order valence-electron chi connectivity index (χ4n) is 1.08. The van der Waals surface area contributed by atoms with Gasteiger partial charge in [-0.2, -0.15) is 11.3 Å². The zero-order valence-corrected chi connectivity index (χ0v) is 8.08. The predicted octanol–water partition coefficient (Wildman–Crippen LogP) is 1.28. The van der Waals surface area contributed by atoms with Gasteiger partial charge >= 0.3 is 0 Å². The molecule has 0 saturated heterocycles. The van der Waals surface area contributed by atoms with Crippen LogP contribution < -0.4 is 5.73 Å². The Morgan fingerprint density at radius 2 is 2.46 bits per heavy atom. The van der Waals surface area contributed by atoms with Gasteiger partial charge in [-0.1, -0.05) is 5.21 Å². The SMILES string of the molecule is Cc1c(N)nnn1Cc1ccsc1. The molecule has 0 atom stereocenters. The molecule has 2 heterocycles. The van der Waals surface area contributed by atoms with Crippen molar-refractivity contribution in [3.63, 3.8) is 0 Å². The Hall–Kier alpha value is -1.36. The summed E-state index contributed by atoms with van der Waals surface area (Å²) in [5, 5.41) is 11.9. The number of nitrogens with two attached hydrogens (primary N) is 1. The van der Waals surface area contributed by atoms with E-state index in [1.807, 2.05) is 12.3 Å². The van der Waals surface area contributed by atoms with Gasteiger partial charge in [0.05, 0.1) is 12.2 Å². The van der Waals surface area contributed by atoms with E-state index in [0.29, 0.717) is 5.82 Å².